The molecule has 0 saturated heterocycles. The molecule has 2 aromatic carbocycles. The molecule has 0 aliphatic rings. The number of aromatic nitrogens is 1. The molecule has 0 saturated carbocycles. The van der Waals surface area contributed by atoms with Gasteiger partial charge in [0, 0.05) is 19.5 Å². The number of rotatable bonds is 9. The van der Waals surface area contributed by atoms with Crippen LogP contribution in [0, 0.1) is 6.92 Å². The maximum Gasteiger partial charge on any atom is 0.228 e. The predicted molar refractivity (Wildman–Crippen MR) is 128 cm³/mol. The molecule has 0 spiro atoms. The third-order valence-corrected chi connectivity index (χ3v) is 8.01. The molecule has 3 aromatic rings. The molecule has 166 valence electrons. The zero-order chi connectivity index (χ0) is 22.6. The second-order valence-corrected chi connectivity index (χ2v) is 11.2. The first kappa shape index (κ1) is 23.7. The number of carbonyl (C=O) groups excluding carboxylic acids is 1. The largest absolute Gasteiger partial charge is 0.308 e. The Morgan fingerprint density at radius 3 is 2.45 bits per heavy atom. The van der Waals surface area contributed by atoms with E-state index in [1.807, 2.05) is 38.1 Å². The molecule has 0 fully saturated rings. The van der Waals surface area contributed by atoms with Crippen molar-refractivity contribution in [3.05, 3.63) is 53.1 Å². The van der Waals surface area contributed by atoms with Gasteiger partial charge in [0.1, 0.15) is 5.52 Å². The van der Waals surface area contributed by atoms with Crippen LogP contribution in [0.4, 0.5) is 5.13 Å². The molecule has 0 unspecified atom stereocenters. The van der Waals surface area contributed by atoms with Crippen molar-refractivity contribution < 1.29 is 13.2 Å². The summed E-state index contributed by atoms with van der Waals surface area (Å²) in [6.07, 6.45) is 0.376. The standard InChI is InChI=1S/C22H26ClN3O3S2/c1-16-9-11-17(12-10-16)31(28,29)15-5-8-20(27)26(14-13-25(2)3)22-24-21-18(23)6-4-7-19(21)30-22/h4,6-7,9-12H,5,8,13-15H2,1-3H3. The van der Waals surface area contributed by atoms with Crippen molar-refractivity contribution >= 4 is 54.0 Å². The minimum Gasteiger partial charge on any atom is -0.308 e. The molecule has 0 aliphatic carbocycles. The van der Waals surface area contributed by atoms with Gasteiger partial charge >= 0.3 is 0 Å². The zero-order valence-corrected chi connectivity index (χ0v) is 20.2. The van der Waals surface area contributed by atoms with Crippen molar-refractivity contribution in [2.24, 2.45) is 0 Å². The van der Waals surface area contributed by atoms with Crippen LogP contribution < -0.4 is 4.90 Å². The maximum absolute atomic E-state index is 13.0. The van der Waals surface area contributed by atoms with Gasteiger partial charge in [-0.2, -0.15) is 0 Å². The van der Waals surface area contributed by atoms with E-state index in [-0.39, 0.29) is 29.4 Å². The highest BCUT2D eigenvalue weighted by Crippen LogP contribution is 2.33. The molecule has 3 rings (SSSR count). The lowest BCUT2D eigenvalue weighted by atomic mass is 10.2. The van der Waals surface area contributed by atoms with Crippen LogP contribution in [-0.2, 0) is 14.6 Å². The van der Waals surface area contributed by atoms with Gasteiger partial charge in [-0.25, -0.2) is 13.4 Å². The second-order valence-electron chi connectivity index (χ2n) is 7.67. The Balaban J connectivity index is 1.72. The molecule has 0 radical (unpaired) electrons. The Hall–Kier alpha value is -2.00. The van der Waals surface area contributed by atoms with Crippen LogP contribution in [0.25, 0.3) is 10.2 Å². The number of hydrogen-bond donors (Lipinski definition) is 0. The summed E-state index contributed by atoms with van der Waals surface area (Å²) in [5.74, 6) is -0.217. The van der Waals surface area contributed by atoms with E-state index in [0.29, 0.717) is 28.8 Å². The summed E-state index contributed by atoms with van der Waals surface area (Å²) < 4.78 is 26.1. The fourth-order valence-corrected chi connectivity index (χ4v) is 5.68. The summed E-state index contributed by atoms with van der Waals surface area (Å²) in [6.45, 7) is 3.04. The van der Waals surface area contributed by atoms with E-state index >= 15 is 0 Å². The van der Waals surface area contributed by atoms with Gasteiger partial charge in [-0.05, 0) is 51.7 Å². The third kappa shape index (κ3) is 6.04. The minimum absolute atomic E-state index is 0.0744. The third-order valence-electron chi connectivity index (χ3n) is 4.85. The molecule has 31 heavy (non-hydrogen) atoms. The number of likely N-dealkylation sites (N-methyl/N-ethyl adjacent to an activating group) is 1. The fourth-order valence-electron chi connectivity index (χ4n) is 3.06. The number of carbonyl (C=O) groups is 1. The number of nitrogens with zero attached hydrogens (tertiary/aromatic N) is 3. The van der Waals surface area contributed by atoms with E-state index in [1.54, 1.807) is 35.2 Å². The Labute approximate surface area is 192 Å². The second kappa shape index (κ2) is 10.1. The van der Waals surface area contributed by atoms with Crippen molar-refractivity contribution in [3.8, 4) is 0 Å². The maximum atomic E-state index is 13.0. The van der Waals surface area contributed by atoms with Gasteiger partial charge in [0.15, 0.2) is 15.0 Å². The Morgan fingerprint density at radius 2 is 1.81 bits per heavy atom. The minimum atomic E-state index is -3.42. The molecular weight excluding hydrogens is 454 g/mol. The van der Waals surface area contributed by atoms with Gasteiger partial charge in [0.25, 0.3) is 0 Å². The number of thiazole rings is 1. The predicted octanol–water partition coefficient (Wildman–Crippen LogP) is 4.41. The van der Waals surface area contributed by atoms with Crippen LogP contribution in [0.5, 0.6) is 0 Å². The first-order valence-corrected chi connectivity index (χ1v) is 12.8. The van der Waals surface area contributed by atoms with Crippen molar-refractivity contribution in [1.82, 2.24) is 9.88 Å². The average Bonchev–Trinajstić information content (AvgIpc) is 3.13. The highest BCUT2D eigenvalue weighted by atomic mass is 35.5. The highest BCUT2D eigenvalue weighted by molar-refractivity contribution is 7.91. The molecule has 1 aromatic heterocycles. The normalized spacial score (nSPS) is 11.9. The van der Waals surface area contributed by atoms with Gasteiger partial charge in [-0.3, -0.25) is 9.69 Å². The summed E-state index contributed by atoms with van der Waals surface area (Å²) in [5.41, 5.74) is 1.68. The van der Waals surface area contributed by atoms with Crippen LogP contribution >= 0.6 is 22.9 Å². The molecule has 9 heteroatoms. The zero-order valence-electron chi connectivity index (χ0n) is 17.8. The van der Waals surface area contributed by atoms with Crippen molar-refractivity contribution in [1.29, 1.82) is 0 Å². The lowest BCUT2D eigenvalue weighted by molar-refractivity contribution is -0.118. The van der Waals surface area contributed by atoms with Crippen molar-refractivity contribution in [3.63, 3.8) is 0 Å². The van der Waals surface area contributed by atoms with Crippen LogP contribution in [0.15, 0.2) is 47.4 Å². The van der Waals surface area contributed by atoms with E-state index < -0.39 is 9.84 Å². The molecule has 1 amide bonds. The number of sulfone groups is 1. The van der Waals surface area contributed by atoms with E-state index in [0.717, 1.165) is 10.3 Å². The van der Waals surface area contributed by atoms with Crippen LogP contribution in [-0.4, -0.2) is 57.1 Å². The van der Waals surface area contributed by atoms with Gasteiger partial charge in [-0.1, -0.05) is 46.7 Å². The van der Waals surface area contributed by atoms with Gasteiger partial charge in [-0.15, -0.1) is 0 Å². The molecular formula is C22H26ClN3O3S2. The molecule has 6 nitrogen and oxygen atoms in total. The number of para-hydroxylation sites is 1. The first-order chi connectivity index (χ1) is 14.7. The molecule has 0 atom stereocenters. The topological polar surface area (TPSA) is 70.6 Å². The monoisotopic (exact) mass is 479 g/mol. The van der Waals surface area contributed by atoms with Crippen molar-refractivity contribution in [2.75, 3.05) is 37.8 Å². The fraction of sp³-hybridized carbons (Fsp3) is 0.364. The number of fused-ring (bicyclic) bond motifs is 1. The lowest BCUT2D eigenvalue weighted by Crippen LogP contribution is -2.36. The summed E-state index contributed by atoms with van der Waals surface area (Å²) >= 11 is 7.66. The van der Waals surface area contributed by atoms with Gasteiger partial charge in [0.05, 0.1) is 20.4 Å². The number of anilines is 1. The number of aryl methyl sites for hydroxylation is 1. The quantitative estimate of drug-likeness (QED) is 0.454. The lowest BCUT2D eigenvalue weighted by Gasteiger charge is -2.22. The van der Waals surface area contributed by atoms with Crippen LogP contribution in [0.2, 0.25) is 5.02 Å². The Morgan fingerprint density at radius 1 is 1.10 bits per heavy atom. The van der Waals surface area contributed by atoms with E-state index in [1.165, 1.54) is 11.3 Å². The summed E-state index contributed by atoms with van der Waals surface area (Å²) in [6, 6.07) is 12.3. The molecule has 0 N–H and O–H groups in total. The summed E-state index contributed by atoms with van der Waals surface area (Å²) in [7, 11) is 0.449. The molecule has 0 bridgehead atoms. The molecule has 1 heterocycles. The smallest absolute Gasteiger partial charge is 0.228 e. The van der Waals surface area contributed by atoms with Gasteiger partial charge in [0.2, 0.25) is 5.91 Å². The van der Waals surface area contributed by atoms with E-state index in [2.05, 4.69) is 4.98 Å². The van der Waals surface area contributed by atoms with Crippen molar-refractivity contribution in [2.45, 2.75) is 24.7 Å². The Kier molecular flexibility index (Phi) is 7.69. The molecule has 0 aliphatic heterocycles. The number of amides is 1. The van der Waals surface area contributed by atoms with Gasteiger partial charge < -0.3 is 4.90 Å². The number of hydrogen-bond acceptors (Lipinski definition) is 6. The van der Waals surface area contributed by atoms with Crippen LogP contribution in [0.3, 0.4) is 0 Å². The number of benzene rings is 2. The highest BCUT2D eigenvalue weighted by Gasteiger charge is 2.22. The average molecular weight is 480 g/mol. The number of halogens is 1. The first-order valence-electron chi connectivity index (χ1n) is 9.97. The van der Waals surface area contributed by atoms with Crippen LogP contribution in [0.1, 0.15) is 18.4 Å². The summed E-state index contributed by atoms with van der Waals surface area (Å²) in [4.78, 5) is 21.5. The van der Waals surface area contributed by atoms with E-state index in [9.17, 15) is 13.2 Å². The van der Waals surface area contributed by atoms with E-state index in [4.69, 9.17) is 11.6 Å². The summed E-state index contributed by atoms with van der Waals surface area (Å²) in [5, 5.41) is 1.13. The Bertz CT molecular complexity index is 1160. The SMILES string of the molecule is Cc1ccc(S(=O)(=O)CCCC(=O)N(CCN(C)C)c2nc3c(Cl)cccc3s2)cc1.